The largest absolute Gasteiger partial charge is 0.478 e. The van der Waals surface area contributed by atoms with Crippen LogP contribution in [0.25, 0.3) is 11.1 Å². The van der Waals surface area contributed by atoms with Crippen molar-refractivity contribution in [3.05, 3.63) is 161 Å². The van der Waals surface area contributed by atoms with Crippen LogP contribution in [-0.4, -0.2) is 33.9 Å². The Hall–Kier alpha value is -4.73. The predicted molar refractivity (Wildman–Crippen MR) is 187 cm³/mol. The number of carbonyl (C=O) groups excluding carboxylic acids is 1. The molecule has 7 nitrogen and oxygen atoms in total. The summed E-state index contributed by atoms with van der Waals surface area (Å²) in [5, 5.41) is 22.3. The van der Waals surface area contributed by atoms with Crippen molar-refractivity contribution < 1.29 is 29.3 Å². The molecular weight excluding hydrogens is 623 g/mol. The molecule has 1 fully saturated rings. The summed E-state index contributed by atoms with van der Waals surface area (Å²) in [6, 6.07) is 40.1. The van der Waals surface area contributed by atoms with Gasteiger partial charge in [-0.15, -0.1) is 11.8 Å². The molecule has 244 valence electrons. The maximum absolute atomic E-state index is 12.6. The standard InChI is InChI=1S/C40H37NO6S/c1-26-35(25-48-36-16-6-5-15-34(36)39(44)45)46-40(47-37(26)29-19-17-27(24-42)18-20-29)33-14-8-13-32(22-33)31-12-7-9-28(21-31)23-41-38(43)30-10-3-2-4-11-30/h2-22,26,35,37,40,42H,23-25H2,1H3,(H,41,43)(H,44,45)/t26-,35+,37+,40+/m1/s1. The fourth-order valence-electron chi connectivity index (χ4n) is 5.85. The topological polar surface area (TPSA) is 105 Å². The monoisotopic (exact) mass is 659 g/mol. The van der Waals surface area contributed by atoms with Gasteiger partial charge in [-0.3, -0.25) is 4.79 Å². The zero-order valence-electron chi connectivity index (χ0n) is 26.5. The number of amides is 1. The van der Waals surface area contributed by atoms with Gasteiger partial charge in [0.25, 0.3) is 5.91 Å². The van der Waals surface area contributed by atoms with Crippen molar-refractivity contribution in [1.29, 1.82) is 0 Å². The highest BCUT2D eigenvalue weighted by molar-refractivity contribution is 7.99. The highest BCUT2D eigenvalue weighted by atomic mass is 32.2. The number of aliphatic hydroxyl groups is 1. The van der Waals surface area contributed by atoms with E-state index < -0.39 is 12.3 Å². The Morgan fingerprint density at radius 2 is 1.46 bits per heavy atom. The van der Waals surface area contributed by atoms with Gasteiger partial charge >= 0.3 is 5.97 Å². The average molecular weight is 660 g/mol. The normalized spacial score (nSPS) is 19.0. The maximum Gasteiger partial charge on any atom is 0.336 e. The number of benzene rings is 5. The number of aromatic carboxylic acids is 1. The second kappa shape index (κ2) is 15.4. The summed E-state index contributed by atoms with van der Waals surface area (Å²) < 4.78 is 13.3. The molecule has 0 aromatic heterocycles. The third-order valence-corrected chi connectivity index (χ3v) is 9.71. The number of rotatable bonds is 11. The van der Waals surface area contributed by atoms with Crippen molar-refractivity contribution in [2.24, 2.45) is 5.92 Å². The molecule has 1 saturated heterocycles. The van der Waals surface area contributed by atoms with Crippen molar-refractivity contribution in [3.8, 4) is 11.1 Å². The van der Waals surface area contributed by atoms with Crippen LogP contribution in [0.4, 0.5) is 0 Å². The van der Waals surface area contributed by atoms with Crippen LogP contribution >= 0.6 is 11.8 Å². The van der Waals surface area contributed by atoms with E-state index in [0.29, 0.717) is 22.8 Å². The smallest absolute Gasteiger partial charge is 0.336 e. The Labute approximate surface area is 284 Å². The average Bonchev–Trinajstić information content (AvgIpc) is 3.14. The second-order valence-corrected chi connectivity index (χ2v) is 12.9. The molecule has 0 radical (unpaired) electrons. The minimum Gasteiger partial charge on any atom is -0.478 e. The molecule has 1 heterocycles. The van der Waals surface area contributed by atoms with Gasteiger partial charge in [0.05, 0.1) is 24.4 Å². The molecule has 3 N–H and O–H groups in total. The zero-order chi connectivity index (χ0) is 33.5. The minimum absolute atomic E-state index is 0.0390. The van der Waals surface area contributed by atoms with Gasteiger partial charge in [0, 0.05) is 34.2 Å². The summed E-state index contributed by atoms with van der Waals surface area (Å²) >= 11 is 1.47. The van der Waals surface area contributed by atoms with Gasteiger partial charge in [0.2, 0.25) is 0 Å². The molecule has 4 atom stereocenters. The van der Waals surface area contributed by atoms with E-state index in [2.05, 4.69) is 24.4 Å². The first kappa shape index (κ1) is 33.2. The van der Waals surface area contributed by atoms with Crippen LogP contribution in [0.3, 0.4) is 0 Å². The number of hydrogen-bond donors (Lipinski definition) is 3. The first-order valence-corrected chi connectivity index (χ1v) is 16.9. The Morgan fingerprint density at radius 1 is 0.750 bits per heavy atom. The van der Waals surface area contributed by atoms with E-state index >= 15 is 0 Å². The summed E-state index contributed by atoms with van der Waals surface area (Å²) in [4.78, 5) is 25.1. The number of hydrogen-bond acceptors (Lipinski definition) is 6. The van der Waals surface area contributed by atoms with Gasteiger partial charge in [-0.05, 0) is 64.2 Å². The zero-order valence-corrected chi connectivity index (χ0v) is 27.3. The predicted octanol–water partition coefficient (Wildman–Crippen LogP) is 8.06. The van der Waals surface area contributed by atoms with E-state index in [-0.39, 0.29) is 36.2 Å². The molecule has 1 aliphatic heterocycles. The van der Waals surface area contributed by atoms with E-state index in [1.165, 1.54) is 11.8 Å². The molecule has 6 rings (SSSR count). The van der Waals surface area contributed by atoms with Gasteiger partial charge in [-0.1, -0.05) is 97.9 Å². The molecule has 0 bridgehead atoms. The first-order chi connectivity index (χ1) is 23.4. The number of ether oxygens (including phenoxy) is 2. The Bertz CT molecular complexity index is 1860. The number of carbonyl (C=O) groups is 2. The number of thioether (sulfide) groups is 1. The van der Waals surface area contributed by atoms with Gasteiger partial charge in [0.15, 0.2) is 6.29 Å². The molecule has 0 unspecified atom stereocenters. The van der Waals surface area contributed by atoms with Crippen molar-refractivity contribution in [2.45, 2.75) is 43.5 Å². The molecule has 5 aromatic carbocycles. The second-order valence-electron chi connectivity index (χ2n) is 11.8. The van der Waals surface area contributed by atoms with E-state index in [0.717, 1.165) is 33.4 Å². The van der Waals surface area contributed by atoms with Crippen LogP contribution in [0, 0.1) is 5.92 Å². The van der Waals surface area contributed by atoms with Crippen LogP contribution in [0.5, 0.6) is 0 Å². The van der Waals surface area contributed by atoms with Crippen LogP contribution in [0.2, 0.25) is 0 Å². The molecule has 0 saturated carbocycles. The van der Waals surface area contributed by atoms with Crippen LogP contribution in [-0.2, 0) is 22.6 Å². The maximum atomic E-state index is 12.6. The van der Waals surface area contributed by atoms with Crippen molar-refractivity contribution >= 4 is 23.6 Å². The minimum atomic E-state index is -0.960. The highest BCUT2D eigenvalue weighted by Crippen LogP contribution is 2.43. The van der Waals surface area contributed by atoms with Gasteiger partial charge < -0.3 is 25.0 Å². The molecule has 1 amide bonds. The van der Waals surface area contributed by atoms with E-state index in [1.807, 2.05) is 91.0 Å². The summed E-state index contributed by atoms with van der Waals surface area (Å²) in [5.74, 6) is -0.592. The van der Waals surface area contributed by atoms with Gasteiger partial charge in [-0.25, -0.2) is 4.79 Å². The summed E-state index contributed by atoms with van der Waals surface area (Å²) in [5.41, 5.74) is 6.52. The van der Waals surface area contributed by atoms with Crippen molar-refractivity contribution in [1.82, 2.24) is 5.32 Å². The lowest BCUT2D eigenvalue weighted by atomic mass is 9.91. The molecule has 8 heteroatoms. The lowest BCUT2D eigenvalue weighted by Crippen LogP contribution is -2.38. The molecule has 0 aliphatic carbocycles. The quantitative estimate of drug-likeness (QED) is 0.123. The molecule has 1 aliphatic rings. The number of nitrogens with one attached hydrogen (secondary N) is 1. The number of aliphatic hydroxyl groups excluding tert-OH is 1. The summed E-state index contributed by atoms with van der Waals surface area (Å²) in [7, 11) is 0. The fraction of sp³-hybridized carbons (Fsp3) is 0.200. The Morgan fingerprint density at radius 3 is 2.21 bits per heavy atom. The van der Waals surface area contributed by atoms with E-state index in [9.17, 15) is 19.8 Å². The molecule has 0 spiro atoms. The third kappa shape index (κ3) is 7.86. The summed E-state index contributed by atoms with van der Waals surface area (Å²) in [6.07, 6.45) is -1.22. The first-order valence-electron chi connectivity index (χ1n) is 15.9. The SMILES string of the molecule is C[C@@H]1[C@H](CSc2ccccc2C(=O)O)O[C@H](c2cccc(-c3cccc(CNC(=O)c4ccccc4)c3)c2)O[C@@H]1c1ccc(CO)cc1. The van der Waals surface area contributed by atoms with Crippen molar-refractivity contribution in [3.63, 3.8) is 0 Å². The Kier molecular flexibility index (Phi) is 10.7. The third-order valence-electron chi connectivity index (χ3n) is 8.55. The number of carboxylic acid groups (broad SMARTS) is 1. The lowest BCUT2D eigenvalue weighted by molar-refractivity contribution is -0.268. The van der Waals surface area contributed by atoms with E-state index in [4.69, 9.17) is 9.47 Å². The molecule has 48 heavy (non-hydrogen) atoms. The summed E-state index contributed by atoms with van der Waals surface area (Å²) in [6.45, 7) is 2.45. The number of carboxylic acids is 1. The van der Waals surface area contributed by atoms with Crippen LogP contribution in [0.15, 0.2) is 132 Å². The lowest BCUT2D eigenvalue weighted by Gasteiger charge is -2.41. The van der Waals surface area contributed by atoms with E-state index in [1.54, 1.807) is 24.3 Å². The Balaban J connectivity index is 1.24. The van der Waals surface area contributed by atoms with Crippen LogP contribution in [0.1, 0.15) is 62.3 Å². The van der Waals surface area contributed by atoms with Gasteiger partial charge in [-0.2, -0.15) is 0 Å². The highest BCUT2D eigenvalue weighted by Gasteiger charge is 2.38. The fourth-order valence-corrected chi connectivity index (χ4v) is 7.06. The molecule has 5 aromatic rings. The van der Waals surface area contributed by atoms with Crippen molar-refractivity contribution in [2.75, 3.05) is 5.75 Å². The van der Waals surface area contributed by atoms with Gasteiger partial charge in [0.1, 0.15) is 0 Å². The van der Waals surface area contributed by atoms with Crippen LogP contribution < -0.4 is 5.32 Å². The molecular formula is C40H37NO6S.